The van der Waals surface area contributed by atoms with E-state index >= 15 is 0 Å². The number of carbonyl (C=O) groups excluding carboxylic acids is 1. The Kier molecular flexibility index (Phi) is 5.68. The predicted octanol–water partition coefficient (Wildman–Crippen LogP) is 3.99. The van der Waals surface area contributed by atoms with Crippen LogP contribution in [0.15, 0.2) is 22.5 Å². The highest BCUT2D eigenvalue weighted by molar-refractivity contribution is 8.00. The SMILES string of the molecule is CC(=O)N(c1nnc(SCc2nnnn2-c2ccc(Cl)cc2C(F)(F)F)s1)C1CC1. The Hall–Kier alpha value is -2.25. The summed E-state index contributed by atoms with van der Waals surface area (Å²) < 4.78 is 41.8. The normalized spacial score (nSPS) is 14.2. The molecule has 1 aromatic carbocycles. The molecule has 1 fully saturated rings. The van der Waals surface area contributed by atoms with E-state index in [-0.39, 0.29) is 34.2 Å². The maximum absolute atomic E-state index is 13.4. The third-order valence-electron chi connectivity index (χ3n) is 4.20. The van der Waals surface area contributed by atoms with E-state index in [2.05, 4.69) is 25.7 Å². The number of nitrogens with zero attached hydrogens (tertiary/aromatic N) is 7. The highest BCUT2D eigenvalue weighted by atomic mass is 35.5. The molecule has 2 heterocycles. The number of hydrogen-bond acceptors (Lipinski definition) is 8. The van der Waals surface area contributed by atoms with Crippen LogP contribution in [0.5, 0.6) is 0 Å². The standard InChI is InChI=1S/C16H13ClF3N7OS2/c1-8(28)26(10-3-4-10)14-22-23-15(30-14)29-7-13-21-24-25-27(13)12-5-2-9(17)6-11(12)16(18,19)20/h2,5-6,10H,3-4,7H2,1H3. The summed E-state index contributed by atoms with van der Waals surface area (Å²) in [5.41, 5.74) is -1.16. The lowest BCUT2D eigenvalue weighted by Crippen LogP contribution is -2.30. The van der Waals surface area contributed by atoms with Crippen molar-refractivity contribution in [2.24, 2.45) is 0 Å². The molecule has 1 saturated carbocycles. The first-order valence-corrected chi connectivity index (χ1v) is 10.8. The molecule has 1 aliphatic carbocycles. The molecule has 0 bridgehead atoms. The first-order chi connectivity index (χ1) is 14.2. The third kappa shape index (κ3) is 4.42. The van der Waals surface area contributed by atoms with Crippen LogP contribution < -0.4 is 4.90 Å². The Labute approximate surface area is 181 Å². The van der Waals surface area contributed by atoms with Gasteiger partial charge in [0.1, 0.15) is 0 Å². The first kappa shape index (κ1) is 21.0. The summed E-state index contributed by atoms with van der Waals surface area (Å²) in [5.74, 6) is 0.261. The van der Waals surface area contributed by atoms with Crippen LogP contribution in [0.3, 0.4) is 0 Å². The number of thioether (sulfide) groups is 1. The maximum Gasteiger partial charge on any atom is 0.418 e. The second-order valence-electron chi connectivity index (χ2n) is 6.43. The molecule has 0 radical (unpaired) electrons. The van der Waals surface area contributed by atoms with Crippen LogP contribution in [0, 0.1) is 0 Å². The summed E-state index contributed by atoms with van der Waals surface area (Å²) in [6.07, 6.45) is -2.76. The highest BCUT2D eigenvalue weighted by Crippen LogP contribution is 2.38. The van der Waals surface area contributed by atoms with Gasteiger partial charge in [0, 0.05) is 18.0 Å². The molecule has 8 nitrogen and oxygen atoms in total. The molecule has 1 aliphatic rings. The van der Waals surface area contributed by atoms with Crippen LogP contribution >= 0.6 is 34.7 Å². The van der Waals surface area contributed by atoms with Gasteiger partial charge in [0.15, 0.2) is 10.2 Å². The molecule has 0 atom stereocenters. The van der Waals surface area contributed by atoms with Crippen molar-refractivity contribution >= 4 is 45.7 Å². The van der Waals surface area contributed by atoms with Gasteiger partial charge in [-0.1, -0.05) is 34.7 Å². The fraction of sp³-hybridized carbons (Fsp3) is 0.375. The van der Waals surface area contributed by atoms with E-state index in [4.69, 9.17) is 11.6 Å². The van der Waals surface area contributed by atoms with E-state index in [0.717, 1.165) is 23.6 Å². The number of anilines is 1. The second-order valence-corrected chi connectivity index (χ2v) is 9.04. The van der Waals surface area contributed by atoms with Gasteiger partial charge in [-0.3, -0.25) is 9.69 Å². The number of amides is 1. The van der Waals surface area contributed by atoms with Crippen LogP contribution in [0.1, 0.15) is 31.2 Å². The van der Waals surface area contributed by atoms with Crippen molar-refractivity contribution in [3.05, 3.63) is 34.6 Å². The number of benzene rings is 1. The largest absolute Gasteiger partial charge is 0.418 e. The molecular weight excluding hydrogens is 463 g/mol. The van der Waals surface area contributed by atoms with Crippen LogP contribution in [0.25, 0.3) is 5.69 Å². The monoisotopic (exact) mass is 475 g/mol. The van der Waals surface area contributed by atoms with Gasteiger partial charge >= 0.3 is 6.18 Å². The molecule has 0 N–H and O–H groups in total. The lowest BCUT2D eigenvalue weighted by Gasteiger charge is -2.15. The van der Waals surface area contributed by atoms with Crippen molar-refractivity contribution in [3.8, 4) is 5.69 Å². The Bertz CT molecular complexity index is 1080. The fourth-order valence-electron chi connectivity index (χ4n) is 2.77. The Morgan fingerprint density at radius 2 is 2.10 bits per heavy atom. The zero-order chi connectivity index (χ0) is 21.5. The first-order valence-electron chi connectivity index (χ1n) is 8.64. The van der Waals surface area contributed by atoms with Crippen molar-refractivity contribution in [3.63, 3.8) is 0 Å². The summed E-state index contributed by atoms with van der Waals surface area (Å²) in [6, 6.07) is 3.56. The smallest absolute Gasteiger partial charge is 0.284 e. The molecule has 0 aliphatic heterocycles. The minimum atomic E-state index is -4.62. The lowest BCUT2D eigenvalue weighted by molar-refractivity contribution is -0.137. The van der Waals surface area contributed by atoms with Gasteiger partial charge in [-0.15, -0.1) is 15.3 Å². The molecule has 0 unspecified atom stereocenters. The van der Waals surface area contributed by atoms with Crippen molar-refractivity contribution in [2.75, 3.05) is 4.90 Å². The average molecular weight is 476 g/mol. The molecule has 4 rings (SSSR count). The van der Waals surface area contributed by atoms with E-state index in [1.54, 1.807) is 4.90 Å². The van der Waals surface area contributed by atoms with Gasteiger partial charge in [0.25, 0.3) is 0 Å². The van der Waals surface area contributed by atoms with Gasteiger partial charge in [0.05, 0.1) is 17.0 Å². The maximum atomic E-state index is 13.4. The van der Waals surface area contributed by atoms with E-state index in [1.807, 2.05) is 0 Å². The van der Waals surface area contributed by atoms with Crippen molar-refractivity contribution < 1.29 is 18.0 Å². The van der Waals surface area contributed by atoms with Crippen molar-refractivity contribution in [2.45, 2.75) is 42.1 Å². The van der Waals surface area contributed by atoms with Crippen molar-refractivity contribution in [1.82, 2.24) is 30.4 Å². The molecule has 14 heteroatoms. The molecular formula is C16H13ClF3N7OS2. The van der Waals surface area contributed by atoms with Crippen LogP contribution in [-0.4, -0.2) is 42.4 Å². The summed E-state index contributed by atoms with van der Waals surface area (Å²) in [6.45, 7) is 1.48. The number of hydrogen-bond donors (Lipinski definition) is 0. The minimum Gasteiger partial charge on any atom is -0.284 e. The van der Waals surface area contributed by atoms with Crippen LogP contribution in [0.4, 0.5) is 18.3 Å². The molecule has 1 amide bonds. The van der Waals surface area contributed by atoms with Crippen LogP contribution in [-0.2, 0) is 16.7 Å². The summed E-state index contributed by atoms with van der Waals surface area (Å²) in [4.78, 5) is 13.5. The Balaban J connectivity index is 1.54. The highest BCUT2D eigenvalue weighted by Gasteiger charge is 2.36. The van der Waals surface area contributed by atoms with E-state index < -0.39 is 11.7 Å². The molecule has 0 saturated heterocycles. The van der Waals surface area contributed by atoms with Gasteiger partial charge in [-0.25, -0.2) is 0 Å². The zero-order valence-electron chi connectivity index (χ0n) is 15.3. The number of carbonyl (C=O) groups is 1. The third-order valence-corrected chi connectivity index (χ3v) is 6.49. The second kappa shape index (κ2) is 8.12. The Morgan fingerprint density at radius 3 is 2.77 bits per heavy atom. The van der Waals surface area contributed by atoms with E-state index in [0.29, 0.717) is 9.47 Å². The van der Waals surface area contributed by atoms with Gasteiger partial charge in [-0.05, 0) is 41.5 Å². The number of halogens is 4. The van der Waals surface area contributed by atoms with E-state index in [9.17, 15) is 18.0 Å². The minimum absolute atomic E-state index is 0.0397. The number of aromatic nitrogens is 6. The molecule has 158 valence electrons. The quantitative estimate of drug-likeness (QED) is 0.393. The predicted molar refractivity (Wildman–Crippen MR) is 105 cm³/mol. The number of alkyl halides is 3. The summed E-state index contributed by atoms with van der Waals surface area (Å²) in [5, 5.41) is 19.6. The number of tetrazole rings is 1. The average Bonchev–Trinajstić information content (AvgIpc) is 3.20. The molecule has 0 spiro atoms. The molecule has 2 aromatic heterocycles. The topological polar surface area (TPSA) is 89.7 Å². The number of rotatable bonds is 6. The summed E-state index contributed by atoms with van der Waals surface area (Å²) >= 11 is 8.20. The zero-order valence-corrected chi connectivity index (χ0v) is 17.7. The molecule has 30 heavy (non-hydrogen) atoms. The van der Waals surface area contributed by atoms with Crippen molar-refractivity contribution in [1.29, 1.82) is 0 Å². The summed E-state index contributed by atoms with van der Waals surface area (Å²) in [7, 11) is 0. The Morgan fingerprint density at radius 1 is 1.33 bits per heavy atom. The van der Waals surface area contributed by atoms with Crippen LogP contribution in [0.2, 0.25) is 5.02 Å². The van der Waals surface area contributed by atoms with E-state index in [1.165, 1.54) is 42.2 Å². The molecule has 3 aromatic rings. The lowest BCUT2D eigenvalue weighted by atomic mass is 10.1. The fourth-order valence-corrected chi connectivity index (χ4v) is 4.80. The van der Waals surface area contributed by atoms with Gasteiger partial charge in [0.2, 0.25) is 11.0 Å². The van der Waals surface area contributed by atoms with Gasteiger partial charge in [-0.2, -0.15) is 17.9 Å². The van der Waals surface area contributed by atoms with Gasteiger partial charge < -0.3 is 0 Å².